The van der Waals surface area contributed by atoms with E-state index in [2.05, 4.69) is 62.9 Å². The standard InChI is InChI=1S/C17H25N3O/c1-11(2)16-18-17(20(6)19-16)14(5)10-21-15-12(3)8-7-9-13(15)4/h7-9,11,14H,10H2,1-6H3. The van der Waals surface area contributed by atoms with Gasteiger partial charge in [0, 0.05) is 13.0 Å². The molecule has 0 saturated carbocycles. The summed E-state index contributed by atoms with van der Waals surface area (Å²) in [4.78, 5) is 4.64. The van der Waals surface area contributed by atoms with E-state index < -0.39 is 0 Å². The Kier molecular flexibility index (Phi) is 4.66. The quantitative estimate of drug-likeness (QED) is 0.841. The Morgan fingerprint density at radius 3 is 2.29 bits per heavy atom. The van der Waals surface area contributed by atoms with Gasteiger partial charge in [0.2, 0.25) is 0 Å². The molecule has 4 nitrogen and oxygen atoms in total. The lowest BCUT2D eigenvalue weighted by Gasteiger charge is -2.15. The van der Waals surface area contributed by atoms with Gasteiger partial charge in [0.25, 0.3) is 0 Å². The molecule has 2 rings (SSSR count). The van der Waals surface area contributed by atoms with Crippen molar-refractivity contribution in [3.63, 3.8) is 0 Å². The molecule has 1 aromatic carbocycles. The van der Waals surface area contributed by atoms with Crippen molar-refractivity contribution in [2.45, 2.75) is 46.5 Å². The van der Waals surface area contributed by atoms with Crippen molar-refractivity contribution in [3.05, 3.63) is 41.0 Å². The highest BCUT2D eigenvalue weighted by atomic mass is 16.5. The monoisotopic (exact) mass is 287 g/mol. The van der Waals surface area contributed by atoms with Gasteiger partial charge in [0.1, 0.15) is 11.6 Å². The molecule has 0 aliphatic heterocycles. The topological polar surface area (TPSA) is 39.9 Å². The first-order valence-corrected chi connectivity index (χ1v) is 7.50. The van der Waals surface area contributed by atoms with Crippen molar-refractivity contribution in [1.82, 2.24) is 14.8 Å². The summed E-state index contributed by atoms with van der Waals surface area (Å²) >= 11 is 0. The molecule has 1 aromatic heterocycles. The molecule has 0 amide bonds. The van der Waals surface area contributed by atoms with Crippen LogP contribution >= 0.6 is 0 Å². The average molecular weight is 287 g/mol. The zero-order chi connectivity index (χ0) is 15.6. The molecule has 1 unspecified atom stereocenters. The fourth-order valence-corrected chi connectivity index (χ4v) is 2.40. The van der Waals surface area contributed by atoms with Crippen LogP contribution in [-0.4, -0.2) is 21.4 Å². The van der Waals surface area contributed by atoms with E-state index in [0.29, 0.717) is 12.5 Å². The normalized spacial score (nSPS) is 12.7. The number of aromatic nitrogens is 3. The van der Waals surface area contributed by atoms with Crippen LogP contribution < -0.4 is 4.74 Å². The van der Waals surface area contributed by atoms with Crippen LogP contribution in [0.25, 0.3) is 0 Å². The van der Waals surface area contributed by atoms with E-state index in [4.69, 9.17) is 4.74 Å². The average Bonchev–Trinajstić information content (AvgIpc) is 2.80. The molecule has 0 radical (unpaired) electrons. The molecule has 0 bridgehead atoms. The molecular formula is C17H25N3O. The number of para-hydroxylation sites is 1. The molecule has 0 fully saturated rings. The fraction of sp³-hybridized carbons (Fsp3) is 0.529. The predicted molar refractivity (Wildman–Crippen MR) is 84.9 cm³/mol. The summed E-state index contributed by atoms with van der Waals surface area (Å²) in [6, 6.07) is 6.21. The smallest absolute Gasteiger partial charge is 0.153 e. The Labute approximate surface area is 127 Å². The van der Waals surface area contributed by atoms with Crippen LogP contribution in [0.5, 0.6) is 5.75 Å². The molecule has 2 aromatic rings. The van der Waals surface area contributed by atoms with E-state index in [1.807, 2.05) is 11.7 Å². The Morgan fingerprint density at radius 2 is 1.76 bits per heavy atom. The molecule has 0 aliphatic rings. The number of rotatable bonds is 5. The second-order valence-corrected chi connectivity index (χ2v) is 6.04. The van der Waals surface area contributed by atoms with Crippen molar-refractivity contribution >= 4 is 0 Å². The number of nitrogens with zero attached hydrogens (tertiary/aromatic N) is 3. The highest BCUT2D eigenvalue weighted by molar-refractivity contribution is 5.39. The van der Waals surface area contributed by atoms with Crippen LogP contribution in [0.2, 0.25) is 0 Å². The van der Waals surface area contributed by atoms with Crippen molar-refractivity contribution in [1.29, 1.82) is 0 Å². The van der Waals surface area contributed by atoms with Crippen LogP contribution in [0.15, 0.2) is 18.2 Å². The maximum atomic E-state index is 6.03. The molecule has 0 saturated heterocycles. The third-order valence-electron chi connectivity index (χ3n) is 3.66. The maximum absolute atomic E-state index is 6.03. The van der Waals surface area contributed by atoms with Crippen molar-refractivity contribution in [3.8, 4) is 5.75 Å². The maximum Gasteiger partial charge on any atom is 0.153 e. The van der Waals surface area contributed by atoms with E-state index in [9.17, 15) is 0 Å². The molecule has 21 heavy (non-hydrogen) atoms. The Bertz CT molecular complexity index is 596. The van der Waals surface area contributed by atoms with Gasteiger partial charge in [0.15, 0.2) is 5.82 Å². The van der Waals surface area contributed by atoms with Gasteiger partial charge in [-0.3, -0.25) is 4.68 Å². The van der Waals surface area contributed by atoms with Gasteiger partial charge in [-0.2, -0.15) is 5.10 Å². The number of hydrogen-bond donors (Lipinski definition) is 0. The van der Waals surface area contributed by atoms with E-state index in [0.717, 1.165) is 17.4 Å². The van der Waals surface area contributed by atoms with Crippen LogP contribution in [0.4, 0.5) is 0 Å². The van der Waals surface area contributed by atoms with Gasteiger partial charge in [-0.1, -0.05) is 39.0 Å². The van der Waals surface area contributed by atoms with Crippen molar-refractivity contribution in [2.75, 3.05) is 6.61 Å². The van der Waals surface area contributed by atoms with Gasteiger partial charge in [-0.25, -0.2) is 4.98 Å². The fourth-order valence-electron chi connectivity index (χ4n) is 2.40. The van der Waals surface area contributed by atoms with E-state index >= 15 is 0 Å². The summed E-state index contributed by atoms with van der Waals surface area (Å²) in [6.45, 7) is 11.1. The summed E-state index contributed by atoms with van der Waals surface area (Å²) in [7, 11) is 1.95. The number of aryl methyl sites for hydroxylation is 3. The SMILES string of the molecule is Cc1cccc(C)c1OCC(C)c1nc(C(C)C)nn1C. The van der Waals surface area contributed by atoms with Crippen molar-refractivity contribution < 1.29 is 4.74 Å². The second-order valence-electron chi connectivity index (χ2n) is 6.04. The largest absolute Gasteiger partial charge is 0.492 e. The van der Waals surface area contributed by atoms with Gasteiger partial charge < -0.3 is 4.74 Å². The zero-order valence-corrected chi connectivity index (χ0v) is 13.8. The molecule has 4 heteroatoms. The van der Waals surface area contributed by atoms with Gasteiger partial charge in [0.05, 0.1) is 12.5 Å². The molecule has 0 N–H and O–H groups in total. The minimum Gasteiger partial charge on any atom is -0.492 e. The minimum absolute atomic E-state index is 0.203. The van der Waals surface area contributed by atoms with Gasteiger partial charge in [-0.05, 0) is 25.0 Å². The predicted octanol–water partition coefficient (Wildman–Crippen LogP) is 3.74. The molecule has 1 heterocycles. The Balaban J connectivity index is 2.10. The lowest BCUT2D eigenvalue weighted by atomic mass is 10.1. The Morgan fingerprint density at radius 1 is 1.14 bits per heavy atom. The number of hydrogen-bond acceptors (Lipinski definition) is 3. The lowest BCUT2D eigenvalue weighted by Crippen LogP contribution is -2.13. The van der Waals surface area contributed by atoms with Crippen LogP contribution in [0.1, 0.15) is 55.4 Å². The molecular weight excluding hydrogens is 262 g/mol. The van der Waals surface area contributed by atoms with E-state index in [1.165, 1.54) is 11.1 Å². The molecule has 1 atom stereocenters. The van der Waals surface area contributed by atoms with E-state index in [1.54, 1.807) is 0 Å². The minimum atomic E-state index is 0.203. The summed E-state index contributed by atoms with van der Waals surface area (Å²) in [5.74, 6) is 3.40. The highest BCUT2D eigenvalue weighted by Gasteiger charge is 2.17. The molecule has 0 aliphatic carbocycles. The van der Waals surface area contributed by atoms with Gasteiger partial charge in [-0.15, -0.1) is 0 Å². The van der Waals surface area contributed by atoms with Crippen LogP contribution in [0.3, 0.4) is 0 Å². The number of benzene rings is 1. The first kappa shape index (κ1) is 15.5. The molecule has 0 spiro atoms. The zero-order valence-electron chi connectivity index (χ0n) is 13.8. The van der Waals surface area contributed by atoms with Crippen LogP contribution in [0, 0.1) is 13.8 Å². The lowest BCUT2D eigenvalue weighted by molar-refractivity contribution is 0.285. The second kappa shape index (κ2) is 6.29. The first-order chi connectivity index (χ1) is 9.90. The summed E-state index contributed by atoms with van der Waals surface area (Å²) in [5.41, 5.74) is 2.34. The summed E-state index contributed by atoms with van der Waals surface area (Å²) in [5, 5.41) is 4.47. The third kappa shape index (κ3) is 3.43. The van der Waals surface area contributed by atoms with Gasteiger partial charge >= 0.3 is 0 Å². The van der Waals surface area contributed by atoms with E-state index in [-0.39, 0.29) is 5.92 Å². The number of ether oxygens (including phenoxy) is 1. The summed E-state index contributed by atoms with van der Waals surface area (Å²) < 4.78 is 7.90. The van der Waals surface area contributed by atoms with Crippen molar-refractivity contribution in [2.24, 2.45) is 7.05 Å². The Hall–Kier alpha value is -1.84. The first-order valence-electron chi connectivity index (χ1n) is 7.50. The third-order valence-corrected chi connectivity index (χ3v) is 3.66. The summed E-state index contributed by atoms with van der Waals surface area (Å²) in [6.07, 6.45) is 0. The highest BCUT2D eigenvalue weighted by Crippen LogP contribution is 2.24. The molecule has 114 valence electrons. The van der Waals surface area contributed by atoms with Crippen LogP contribution in [-0.2, 0) is 7.05 Å².